The minimum atomic E-state index is -0.0465. The minimum absolute atomic E-state index is 0.0465. The van der Waals surface area contributed by atoms with Gasteiger partial charge >= 0.3 is 6.03 Å². The van der Waals surface area contributed by atoms with E-state index in [4.69, 9.17) is 4.74 Å². The summed E-state index contributed by atoms with van der Waals surface area (Å²) in [6.45, 7) is 5.70. The van der Waals surface area contributed by atoms with E-state index >= 15 is 0 Å². The Kier molecular flexibility index (Phi) is 7.34. The molecule has 1 fully saturated rings. The number of nitrogens with zero attached hydrogens (tertiary/aromatic N) is 2. The molecule has 1 aliphatic heterocycles. The number of methoxy groups -OCH3 is 1. The molecule has 0 bridgehead atoms. The monoisotopic (exact) mass is 401 g/mol. The van der Waals surface area contributed by atoms with Crippen LogP contribution in [0.2, 0.25) is 0 Å². The van der Waals surface area contributed by atoms with E-state index in [0.717, 1.165) is 30.3 Å². The molecule has 1 aromatic carbocycles. The zero-order chi connectivity index (χ0) is 19.9. The van der Waals surface area contributed by atoms with Crippen molar-refractivity contribution < 1.29 is 9.53 Å². The van der Waals surface area contributed by atoms with E-state index in [-0.39, 0.29) is 12.1 Å². The van der Waals surface area contributed by atoms with Crippen molar-refractivity contribution in [3.8, 4) is 5.75 Å². The molecule has 5 nitrogen and oxygen atoms in total. The fraction of sp³-hybridized carbons (Fsp3) is 0.500. The van der Waals surface area contributed by atoms with Gasteiger partial charge in [0.25, 0.3) is 0 Å². The topological polar surface area (TPSA) is 44.8 Å². The number of benzene rings is 1. The molecule has 3 rings (SSSR count). The first-order valence-electron chi connectivity index (χ1n) is 9.96. The molecule has 2 amide bonds. The highest BCUT2D eigenvalue weighted by molar-refractivity contribution is 7.10. The van der Waals surface area contributed by atoms with Crippen molar-refractivity contribution in [3.63, 3.8) is 0 Å². The first kappa shape index (κ1) is 20.7. The minimum Gasteiger partial charge on any atom is -0.497 e. The molecule has 0 aliphatic carbocycles. The molecule has 28 heavy (non-hydrogen) atoms. The molecular weight excluding hydrogens is 370 g/mol. The highest BCUT2D eigenvalue weighted by atomic mass is 32.1. The SMILES string of the molecule is COc1cccc(CN(C)C(=O)NCC(c2cccs2)N2CCC(C)CC2)c1. The maximum Gasteiger partial charge on any atom is 0.317 e. The van der Waals surface area contributed by atoms with Crippen LogP contribution in [0.3, 0.4) is 0 Å². The van der Waals surface area contributed by atoms with Gasteiger partial charge in [0.15, 0.2) is 0 Å². The number of nitrogens with one attached hydrogen (secondary N) is 1. The number of ether oxygens (including phenoxy) is 1. The van der Waals surface area contributed by atoms with Crippen LogP contribution in [0.1, 0.15) is 36.2 Å². The first-order chi connectivity index (χ1) is 13.6. The number of carbonyl (C=O) groups excluding carboxylic acids is 1. The van der Waals surface area contributed by atoms with Crippen LogP contribution < -0.4 is 10.1 Å². The number of piperidine rings is 1. The van der Waals surface area contributed by atoms with Crippen LogP contribution in [0.4, 0.5) is 4.79 Å². The molecule has 1 aliphatic rings. The van der Waals surface area contributed by atoms with Gasteiger partial charge in [-0.2, -0.15) is 0 Å². The van der Waals surface area contributed by atoms with Gasteiger partial charge in [-0.25, -0.2) is 4.79 Å². The van der Waals surface area contributed by atoms with Crippen molar-refractivity contribution in [2.24, 2.45) is 5.92 Å². The summed E-state index contributed by atoms with van der Waals surface area (Å²) in [6.07, 6.45) is 2.46. The fourth-order valence-electron chi connectivity index (χ4n) is 3.67. The third-order valence-electron chi connectivity index (χ3n) is 5.48. The zero-order valence-corrected chi connectivity index (χ0v) is 17.9. The van der Waals surface area contributed by atoms with Crippen LogP contribution in [-0.4, -0.2) is 49.6 Å². The van der Waals surface area contributed by atoms with Crippen LogP contribution >= 0.6 is 11.3 Å². The molecular formula is C22H31N3O2S. The predicted octanol–water partition coefficient (Wildman–Crippen LogP) is 4.37. The summed E-state index contributed by atoms with van der Waals surface area (Å²) in [5.74, 6) is 1.60. The largest absolute Gasteiger partial charge is 0.497 e. The maximum atomic E-state index is 12.7. The van der Waals surface area contributed by atoms with E-state index in [0.29, 0.717) is 13.1 Å². The maximum absolute atomic E-state index is 12.7. The quantitative estimate of drug-likeness (QED) is 0.749. The summed E-state index contributed by atoms with van der Waals surface area (Å²) >= 11 is 1.77. The number of hydrogen-bond acceptors (Lipinski definition) is 4. The highest BCUT2D eigenvalue weighted by Crippen LogP contribution is 2.29. The van der Waals surface area contributed by atoms with Gasteiger partial charge in [-0.3, -0.25) is 4.90 Å². The third-order valence-corrected chi connectivity index (χ3v) is 6.45. The zero-order valence-electron chi connectivity index (χ0n) is 17.1. The molecule has 2 heterocycles. The Morgan fingerprint density at radius 2 is 2.11 bits per heavy atom. The second-order valence-electron chi connectivity index (χ2n) is 7.64. The molecule has 0 radical (unpaired) electrons. The lowest BCUT2D eigenvalue weighted by molar-refractivity contribution is 0.135. The Bertz CT molecular complexity index is 742. The number of hydrogen-bond donors (Lipinski definition) is 1. The van der Waals surface area contributed by atoms with Crippen LogP contribution in [0, 0.1) is 5.92 Å². The van der Waals surface area contributed by atoms with Gasteiger partial charge in [-0.1, -0.05) is 25.1 Å². The fourth-order valence-corrected chi connectivity index (χ4v) is 4.53. The molecule has 1 N–H and O–H groups in total. The normalized spacial score (nSPS) is 16.5. The first-order valence-corrected chi connectivity index (χ1v) is 10.8. The number of rotatable bonds is 7. The number of amides is 2. The van der Waals surface area contributed by atoms with E-state index in [9.17, 15) is 4.79 Å². The van der Waals surface area contributed by atoms with Gasteiger partial charge in [-0.15, -0.1) is 11.3 Å². The van der Waals surface area contributed by atoms with Gasteiger partial charge in [0.05, 0.1) is 13.2 Å². The number of likely N-dealkylation sites (tertiary alicyclic amines) is 1. The second-order valence-corrected chi connectivity index (χ2v) is 8.62. The predicted molar refractivity (Wildman–Crippen MR) is 115 cm³/mol. The van der Waals surface area contributed by atoms with E-state index < -0.39 is 0 Å². The van der Waals surface area contributed by atoms with Crippen LogP contribution in [0.5, 0.6) is 5.75 Å². The Morgan fingerprint density at radius 3 is 2.79 bits per heavy atom. The summed E-state index contributed by atoms with van der Waals surface area (Å²) < 4.78 is 5.27. The molecule has 1 aromatic heterocycles. The van der Waals surface area contributed by atoms with Crippen molar-refractivity contribution in [1.82, 2.24) is 15.1 Å². The average molecular weight is 402 g/mol. The molecule has 6 heteroatoms. The summed E-state index contributed by atoms with van der Waals surface area (Å²) in [6, 6.07) is 12.3. The molecule has 2 aromatic rings. The summed E-state index contributed by atoms with van der Waals surface area (Å²) in [5, 5.41) is 5.27. The van der Waals surface area contributed by atoms with Crippen molar-refractivity contribution in [2.45, 2.75) is 32.4 Å². The van der Waals surface area contributed by atoms with Gasteiger partial charge < -0.3 is 15.0 Å². The highest BCUT2D eigenvalue weighted by Gasteiger charge is 2.26. The van der Waals surface area contributed by atoms with Crippen molar-refractivity contribution in [2.75, 3.05) is 33.8 Å². The second kappa shape index (κ2) is 9.94. The lowest BCUT2D eigenvalue weighted by Gasteiger charge is -2.36. The lowest BCUT2D eigenvalue weighted by Crippen LogP contribution is -2.44. The van der Waals surface area contributed by atoms with E-state index in [1.807, 2.05) is 31.3 Å². The van der Waals surface area contributed by atoms with Crippen LogP contribution in [0.15, 0.2) is 41.8 Å². The Labute approximate surface area is 172 Å². The molecule has 152 valence electrons. The smallest absolute Gasteiger partial charge is 0.317 e. The number of urea groups is 1. The van der Waals surface area contributed by atoms with Gasteiger partial charge in [0.2, 0.25) is 0 Å². The molecule has 0 spiro atoms. The van der Waals surface area contributed by atoms with Crippen molar-refractivity contribution >= 4 is 17.4 Å². The average Bonchev–Trinajstić information content (AvgIpc) is 3.24. The van der Waals surface area contributed by atoms with Crippen LogP contribution in [-0.2, 0) is 6.54 Å². The Balaban J connectivity index is 1.58. The summed E-state index contributed by atoms with van der Waals surface area (Å²) in [5.41, 5.74) is 1.05. The number of carbonyl (C=O) groups is 1. The third kappa shape index (κ3) is 5.49. The van der Waals surface area contributed by atoms with Gasteiger partial charge in [0.1, 0.15) is 5.75 Å². The standard InChI is InChI=1S/C22H31N3O2S/c1-17-9-11-25(12-10-17)20(21-8-5-13-28-21)15-23-22(26)24(2)16-18-6-4-7-19(14-18)27-3/h4-8,13-14,17,20H,9-12,15-16H2,1-3H3,(H,23,26). The molecule has 1 unspecified atom stereocenters. The number of thiophene rings is 1. The van der Waals surface area contributed by atoms with E-state index in [2.05, 4.69) is 34.7 Å². The van der Waals surface area contributed by atoms with E-state index in [1.54, 1.807) is 23.3 Å². The van der Waals surface area contributed by atoms with Crippen LogP contribution in [0.25, 0.3) is 0 Å². The van der Waals surface area contributed by atoms with Crippen molar-refractivity contribution in [1.29, 1.82) is 0 Å². The van der Waals surface area contributed by atoms with Crippen molar-refractivity contribution in [3.05, 3.63) is 52.2 Å². The summed E-state index contributed by atoms with van der Waals surface area (Å²) in [4.78, 5) is 18.2. The lowest BCUT2D eigenvalue weighted by atomic mass is 9.97. The van der Waals surface area contributed by atoms with Gasteiger partial charge in [0, 0.05) is 25.0 Å². The van der Waals surface area contributed by atoms with E-state index in [1.165, 1.54) is 17.7 Å². The Morgan fingerprint density at radius 1 is 1.32 bits per heavy atom. The van der Waals surface area contributed by atoms with Gasteiger partial charge in [-0.05, 0) is 61.0 Å². The Hall–Kier alpha value is -2.05. The summed E-state index contributed by atoms with van der Waals surface area (Å²) in [7, 11) is 3.49. The molecule has 0 saturated carbocycles. The molecule has 1 atom stereocenters. The molecule has 1 saturated heterocycles.